The molecule has 0 spiro atoms. The summed E-state index contributed by atoms with van der Waals surface area (Å²) in [4.78, 5) is 11.6. The van der Waals surface area contributed by atoms with Gasteiger partial charge in [-0.3, -0.25) is 4.74 Å². The van der Waals surface area contributed by atoms with Crippen LogP contribution in [0.2, 0.25) is 0 Å². The SMILES string of the molecule is O=C(NC12CC(OC(F)(F)F)(C1)C2)OCc1ccccc1. The fourth-order valence-electron chi connectivity index (χ4n) is 3.16. The molecule has 0 aromatic heterocycles. The molecule has 3 saturated carbocycles. The van der Waals surface area contributed by atoms with Crippen molar-refractivity contribution in [3.63, 3.8) is 0 Å². The average molecular weight is 301 g/mol. The zero-order chi connectivity index (χ0) is 15.1. The number of hydrogen-bond acceptors (Lipinski definition) is 3. The highest BCUT2D eigenvalue weighted by Crippen LogP contribution is 2.64. The van der Waals surface area contributed by atoms with E-state index in [0.29, 0.717) is 0 Å². The van der Waals surface area contributed by atoms with E-state index in [9.17, 15) is 18.0 Å². The fraction of sp³-hybridized carbons (Fsp3) is 0.500. The summed E-state index contributed by atoms with van der Waals surface area (Å²) in [5.74, 6) is 0. The Morgan fingerprint density at radius 3 is 2.38 bits per heavy atom. The molecular weight excluding hydrogens is 287 g/mol. The molecule has 21 heavy (non-hydrogen) atoms. The smallest absolute Gasteiger partial charge is 0.445 e. The Morgan fingerprint density at radius 2 is 1.81 bits per heavy atom. The maximum atomic E-state index is 12.2. The van der Waals surface area contributed by atoms with Gasteiger partial charge in [0, 0.05) is 19.3 Å². The molecule has 0 heterocycles. The number of halogens is 3. The first kappa shape index (κ1) is 14.2. The van der Waals surface area contributed by atoms with Gasteiger partial charge in [-0.25, -0.2) is 4.79 Å². The number of ether oxygens (including phenoxy) is 2. The maximum Gasteiger partial charge on any atom is 0.523 e. The van der Waals surface area contributed by atoms with Crippen molar-refractivity contribution in [2.45, 2.75) is 43.4 Å². The zero-order valence-corrected chi connectivity index (χ0v) is 11.1. The largest absolute Gasteiger partial charge is 0.523 e. The minimum Gasteiger partial charge on any atom is -0.445 e. The summed E-state index contributed by atoms with van der Waals surface area (Å²) in [6.07, 6.45) is -4.69. The van der Waals surface area contributed by atoms with Crippen molar-refractivity contribution < 1.29 is 27.4 Å². The van der Waals surface area contributed by atoms with Crippen LogP contribution in [0.1, 0.15) is 24.8 Å². The predicted octanol–water partition coefficient (Wildman–Crippen LogP) is 3.12. The summed E-state index contributed by atoms with van der Waals surface area (Å²) in [5, 5.41) is 2.63. The number of benzene rings is 1. The van der Waals surface area contributed by atoms with E-state index in [1.807, 2.05) is 30.3 Å². The lowest BCUT2D eigenvalue weighted by Crippen LogP contribution is -2.80. The third-order valence-corrected chi connectivity index (χ3v) is 3.89. The lowest BCUT2D eigenvalue weighted by Gasteiger charge is -2.68. The van der Waals surface area contributed by atoms with Crippen molar-refractivity contribution >= 4 is 6.09 Å². The number of amides is 1. The molecule has 3 fully saturated rings. The molecule has 0 unspecified atom stereocenters. The molecule has 0 atom stereocenters. The first-order valence-corrected chi connectivity index (χ1v) is 6.56. The maximum absolute atomic E-state index is 12.2. The standard InChI is InChI=1S/C14H14F3NO3/c15-14(16,17)21-13-7-12(8-13,9-13)18-11(19)20-6-10-4-2-1-3-5-10/h1-5H,6-9H2,(H,18,19). The molecule has 7 heteroatoms. The van der Waals surface area contributed by atoms with E-state index >= 15 is 0 Å². The third-order valence-electron chi connectivity index (χ3n) is 3.89. The molecular formula is C14H14F3NO3. The highest BCUT2D eigenvalue weighted by atomic mass is 19.4. The number of carbonyl (C=O) groups excluding carboxylic acids is 1. The van der Waals surface area contributed by atoms with Gasteiger partial charge in [0.2, 0.25) is 0 Å². The van der Waals surface area contributed by atoms with Crippen LogP contribution in [-0.2, 0) is 16.1 Å². The Bertz CT molecular complexity index is 524. The molecule has 4 nitrogen and oxygen atoms in total. The molecule has 0 saturated heterocycles. The van der Waals surface area contributed by atoms with E-state index < -0.39 is 23.6 Å². The van der Waals surface area contributed by atoms with Crippen LogP contribution in [0.25, 0.3) is 0 Å². The number of alkyl carbamates (subject to hydrolysis) is 1. The van der Waals surface area contributed by atoms with Crippen LogP contribution in [0.5, 0.6) is 0 Å². The summed E-state index contributed by atoms with van der Waals surface area (Å²) >= 11 is 0. The lowest BCUT2D eigenvalue weighted by molar-refractivity contribution is -0.418. The summed E-state index contributed by atoms with van der Waals surface area (Å²) < 4.78 is 45.6. The van der Waals surface area contributed by atoms with Gasteiger partial charge in [0.15, 0.2) is 0 Å². The molecule has 2 bridgehead atoms. The number of carbonyl (C=O) groups is 1. The molecule has 1 N–H and O–H groups in total. The van der Waals surface area contributed by atoms with E-state index in [2.05, 4.69) is 10.1 Å². The second-order valence-electron chi connectivity index (χ2n) is 5.73. The Balaban J connectivity index is 1.42. The first-order valence-electron chi connectivity index (χ1n) is 6.56. The van der Waals surface area contributed by atoms with Crippen LogP contribution >= 0.6 is 0 Å². The van der Waals surface area contributed by atoms with Crippen LogP contribution in [-0.4, -0.2) is 23.6 Å². The van der Waals surface area contributed by atoms with Gasteiger partial charge in [-0.1, -0.05) is 30.3 Å². The second-order valence-corrected chi connectivity index (χ2v) is 5.73. The quantitative estimate of drug-likeness (QED) is 0.929. The van der Waals surface area contributed by atoms with Gasteiger partial charge < -0.3 is 10.1 Å². The molecule has 3 aliphatic rings. The normalized spacial score (nSPS) is 30.0. The summed E-state index contributed by atoms with van der Waals surface area (Å²) in [7, 11) is 0. The van der Waals surface area contributed by atoms with E-state index in [4.69, 9.17) is 4.74 Å². The van der Waals surface area contributed by atoms with Gasteiger partial charge in [0.25, 0.3) is 0 Å². The van der Waals surface area contributed by atoms with Gasteiger partial charge in [0.1, 0.15) is 6.61 Å². The first-order chi connectivity index (χ1) is 9.80. The Hall–Kier alpha value is -1.76. The third kappa shape index (κ3) is 2.97. The van der Waals surface area contributed by atoms with Crippen molar-refractivity contribution in [1.29, 1.82) is 0 Å². The molecule has 4 rings (SSSR count). The van der Waals surface area contributed by atoms with Crippen LogP contribution < -0.4 is 5.32 Å². The van der Waals surface area contributed by atoms with Gasteiger partial charge in [-0.2, -0.15) is 0 Å². The molecule has 1 aromatic rings. The Morgan fingerprint density at radius 1 is 1.19 bits per heavy atom. The van der Waals surface area contributed by atoms with Crippen LogP contribution in [0.3, 0.4) is 0 Å². The minimum atomic E-state index is -4.62. The molecule has 1 amide bonds. The summed E-state index contributed by atoms with van der Waals surface area (Å²) in [6.45, 7) is 0.132. The molecule has 0 aliphatic heterocycles. The van der Waals surface area contributed by atoms with E-state index in [-0.39, 0.29) is 25.9 Å². The monoisotopic (exact) mass is 301 g/mol. The van der Waals surface area contributed by atoms with Gasteiger partial charge in [-0.05, 0) is 5.56 Å². The van der Waals surface area contributed by atoms with E-state index in [0.717, 1.165) is 5.56 Å². The van der Waals surface area contributed by atoms with Crippen molar-refractivity contribution in [3.8, 4) is 0 Å². The molecule has 114 valence electrons. The second kappa shape index (κ2) is 4.62. The van der Waals surface area contributed by atoms with Gasteiger partial charge in [-0.15, -0.1) is 13.2 Å². The van der Waals surface area contributed by atoms with E-state index in [1.54, 1.807) is 0 Å². The minimum absolute atomic E-state index is 0.132. The van der Waals surface area contributed by atoms with Gasteiger partial charge in [0.05, 0.1) is 11.1 Å². The Kier molecular flexibility index (Phi) is 3.12. The van der Waals surface area contributed by atoms with Gasteiger partial charge >= 0.3 is 12.5 Å². The van der Waals surface area contributed by atoms with Crippen molar-refractivity contribution in [3.05, 3.63) is 35.9 Å². The predicted molar refractivity (Wildman–Crippen MR) is 66.2 cm³/mol. The van der Waals surface area contributed by atoms with E-state index in [1.165, 1.54) is 0 Å². The Labute approximate surface area is 119 Å². The zero-order valence-electron chi connectivity index (χ0n) is 11.1. The highest BCUT2D eigenvalue weighted by Gasteiger charge is 2.72. The number of alkyl halides is 3. The number of nitrogens with one attached hydrogen (secondary N) is 1. The van der Waals surface area contributed by atoms with Crippen LogP contribution in [0.15, 0.2) is 30.3 Å². The van der Waals surface area contributed by atoms with Crippen LogP contribution in [0, 0.1) is 0 Å². The number of rotatable bonds is 4. The highest BCUT2D eigenvalue weighted by molar-refractivity contribution is 5.69. The van der Waals surface area contributed by atoms with Crippen molar-refractivity contribution in [1.82, 2.24) is 5.32 Å². The summed E-state index contributed by atoms with van der Waals surface area (Å²) in [5.41, 5.74) is -0.869. The topological polar surface area (TPSA) is 47.6 Å². The molecule has 3 aliphatic carbocycles. The van der Waals surface area contributed by atoms with Crippen molar-refractivity contribution in [2.75, 3.05) is 0 Å². The number of hydrogen-bond donors (Lipinski definition) is 1. The fourth-order valence-corrected chi connectivity index (χ4v) is 3.16. The average Bonchev–Trinajstić information content (AvgIpc) is 2.32. The molecule has 0 radical (unpaired) electrons. The molecule has 1 aromatic carbocycles. The lowest BCUT2D eigenvalue weighted by atomic mass is 9.46. The van der Waals surface area contributed by atoms with Crippen LogP contribution in [0.4, 0.5) is 18.0 Å². The summed E-state index contributed by atoms with van der Waals surface area (Å²) in [6, 6.07) is 9.15. The van der Waals surface area contributed by atoms with Crippen molar-refractivity contribution in [2.24, 2.45) is 0 Å².